The van der Waals surface area contributed by atoms with E-state index in [0.717, 1.165) is 74.7 Å². The van der Waals surface area contributed by atoms with Crippen molar-refractivity contribution in [2.24, 2.45) is 0 Å². The topological polar surface area (TPSA) is 64.8 Å². The molecule has 0 radical (unpaired) electrons. The molecule has 3 heterocycles. The molecule has 0 atom stereocenters. The van der Waals surface area contributed by atoms with Gasteiger partial charge in [-0.2, -0.15) is 0 Å². The van der Waals surface area contributed by atoms with Crippen LogP contribution in [0.15, 0.2) is 30.6 Å². The molecule has 0 spiro atoms. The van der Waals surface area contributed by atoms with Crippen LogP contribution in [0.5, 0.6) is 0 Å². The highest BCUT2D eigenvalue weighted by Crippen LogP contribution is 2.30. The fraction of sp³-hybridized carbons (Fsp3) is 0.474. The highest BCUT2D eigenvalue weighted by molar-refractivity contribution is 6.30. The fourth-order valence-corrected chi connectivity index (χ4v) is 3.93. The summed E-state index contributed by atoms with van der Waals surface area (Å²) < 4.78 is 0. The summed E-state index contributed by atoms with van der Waals surface area (Å²) in [5, 5.41) is 0.770. The number of hydrogen-bond acceptors (Lipinski definition) is 7. The number of benzene rings is 1. The molecule has 0 bridgehead atoms. The van der Waals surface area contributed by atoms with Gasteiger partial charge in [-0.25, -0.2) is 9.97 Å². The van der Waals surface area contributed by atoms with Gasteiger partial charge in [-0.3, -0.25) is 0 Å². The molecule has 27 heavy (non-hydrogen) atoms. The van der Waals surface area contributed by atoms with E-state index in [0.29, 0.717) is 5.69 Å². The third-order valence-electron chi connectivity index (χ3n) is 5.40. The first-order valence-electron chi connectivity index (χ1n) is 9.41. The summed E-state index contributed by atoms with van der Waals surface area (Å²) >= 11 is 6.13. The standard InChI is InChI=1S/C19H26ClN7/c1-24-5-7-26(8-6-24)18-17(21)19(23-14-22-18)27-11-9-25(10-12-27)16-4-2-3-15(20)13-16/h2-4,13-14H,5-12,21H2,1H3. The zero-order valence-corrected chi connectivity index (χ0v) is 16.4. The van der Waals surface area contributed by atoms with Crippen LogP contribution in [0.2, 0.25) is 5.02 Å². The Labute approximate surface area is 165 Å². The maximum Gasteiger partial charge on any atom is 0.157 e. The van der Waals surface area contributed by atoms with Gasteiger partial charge in [-0.1, -0.05) is 17.7 Å². The van der Waals surface area contributed by atoms with E-state index in [4.69, 9.17) is 17.3 Å². The van der Waals surface area contributed by atoms with E-state index in [1.807, 2.05) is 18.2 Å². The van der Waals surface area contributed by atoms with Crippen molar-refractivity contribution in [3.8, 4) is 0 Å². The van der Waals surface area contributed by atoms with Gasteiger partial charge in [0.15, 0.2) is 11.6 Å². The lowest BCUT2D eigenvalue weighted by Gasteiger charge is -2.38. The van der Waals surface area contributed by atoms with E-state index in [9.17, 15) is 0 Å². The van der Waals surface area contributed by atoms with Crippen molar-refractivity contribution in [1.82, 2.24) is 14.9 Å². The van der Waals surface area contributed by atoms with E-state index in [1.54, 1.807) is 6.33 Å². The molecule has 2 aliphatic heterocycles. The van der Waals surface area contributed by atoms with E-state index in [1.165, 1.54) is 0 Å². The maximum atomic E-state index is 6.49. The van der Waals surface area contributed by atoms with Gasteiger partial charge in [0.2, 0.25) is 0 Å². The van der Waals surface area contributed by atoms with Crippen LogP contribution in [0.1, 0.15) is 0 Å². The van der Waals surface area contributed by atoms with E-state index in [2.05, 4.69) is 42.7 Å². The van der Waals surface area contributed by atoms with Crippen molar-refractivity contribution in [2.45, 2.75) is 0 Å². The van der Waals surface area contributed by atoms with E-state index >= 15 is 0 Å². The summed E-state index contributed by atoms with van der Waals surface area (Å²) in [5.41, 5.74) is 8.35. The first-order chi connectivity index (χ1) is 13.1. The summed E-state index contributed by atoms with van der Waals surface area (Å²) in [7, 11) is 2.14. The summed E-state index contributed by atoms with van der Waals surface area (Å²) in [6.45, 7) is 7.50. The Morgan fingerprint density at radius 3 is 2.00 bits per heavy atom. The molecule has 0 saturated carbocycles. The predicted molar refractivity (Wildman–Crippen MR) is 112 cm³/mol. The van der Waals surface area contributed by atoms with Crippen molar-refractivity contribution in [1.29, 1.82) is 0 Å². The Balaban J connectivity index is 1.46. The molecule has 144 valence electrons. The molecule has 4 rings (SSSR count). The van der Waals surface area contributed by atoms with Gasteiger partial charge in [0.1, 0.15) is 12.0 Å². The minimum Gasteiger partial charge on any atom is -0.393 e. The van der Waals surface area contributed by atoms with Crippen LogP contribution in [-0.4, -0.2) is 74.3 Å². The molecular formula is C19H26ClN7. The Kier molecular flexibility index (Phi) is 5.22. The number of hydrogen-bond donors (Lipinski definition) is 1. The van der Waals surface area contributed by atoms with Gasteiger partial charge in [0, 0.05) is 63.1 Å². The lowest BCUT2D eigenvalue weighted by atomic mass is 10.2. The first-order valence-corrected chi connectivity index (χ1v) is 9.79. The fourth-order valence-electron chi connectivity index (χ4n) is 3.75. The van der Waals surface area contributed by atoms with Gasteiger partial charge in [0.25, 0.3) is 0 Å². The van der Waals surface area contributed by atoms with Crippen LogP contribution in [0, 0.1) is 0 Å². The Morgan fingerprint density at radius 2 is 1.41 bits per heavy atom. The third-order valence-corrected chi connectivity index (χ3v) is 5.63. The zero-order chi connectivity index (χ0) is 18.8. The molecule has 2 aromatic rings. The van der Waals surface area contributed by atoms with E-state index < -0.39 is 0 Å². The number of nitrogens with two attached hydrogens (primary N) is 1. The largest absolute Gasteiger partial charge is 0.393 e. The molecule has 2 aliphatic rings. The van der Waals surface area contributed by atoms with Crippen molar-refractivity contribution < 1.29 is 0 Å². The van der Waals surface area contributed by atoms with Crippen LogP contribution < -0.4 is 20.4 Å². The normalized spacial score (nSPS) is 18.8. The van der Waals surface area contributed by atoms with Gasteiger partial charge in [0.05, 0.1) is 0 Å². The molecule has 0 amide bonds. The molecular weight excluding hydrogens is 362 g/mol. The summed E-state index contributed by atoms with van der Waals surface area (Å²) in [6, 6.07) is 8.02. The van der Waals surface area contributed by atoms with Gasteiger partial charge >= 0.3 is 0 Å². The molecule has 8 heteroatoms. The molecule has 1 aromatic carbocycles. The van der Waals surface area contributed by atoms with Crippen LogP contribution in [0.4, 0.5) is 23.0 Å². The van der Waals surface area contributed by atoms with Crippen molar-refractivity contribution in [2.75, 3.05) is 79.8 Å². The van der Waals surface area contributed by atoms with Crippen molar-refractivity contribution >= 4 is 34.6 Å². The maximum absolute atomic E-state index is 6.49. The van der Waals surface area contributed by atoms with Crippen molar-refractivity contribution in [3.63, 3.8) is 0 Å². The van der Waals surface area contributed by atoms with Gasteiger partial charge in [-0.15, -0.1) is 0 Å². The monoisotopic (exact) mass is 387 g/mol. The summed E-state index contributed by atoms with van der Waals surface area (Å²) in [4.78, 5) is 18.2. The van der Waals surface area contributed by atoms with Crippen LogP contribution in [0.3, 0.4) is 0 Å². The summed E-state index contributed by atoms with van der Waals surface area (Å²) in [6.07, 6.45) is 1.64. The molecule has 2 N–H and O–H groups in total. The molecule has 7 nitrogen and oxygen atoms in total. The Morgan fingerprint density at radius 1 is 0.852 bits per heavy atom. The number of aromatic nitrogens is 2. The predicted octanol–water partition coefficient (Wildman–Crippen LogP) is 1.79. The quantitative estimate of drug-likeness (QED) is 0.861. The Bertz CT molecular complexity index is 783. The second kappa shape index (κ2) is 7.78. The minimum absolute atomic E-state index is 0.693. The highest BCUT2D eigenvalue weighted by atomic mass is 35.5. The van der Waals surface area contributed by atoms with E-state index in [-0.39, 0.29) is 0 Å². The number of halogens is 1. The SMILES string of the molecule is CN1CCN(c2ncnc(N3CCN(c4cccc(Cl)c4)CC3)c2N)CC1. The molecule has 1 aromatic heterocycles. The van der Waals surface area contributed by atoms with Crippen LogP contribution >= 0.6 is 11.6 Å². The van der Waals surface area contributed by atoms with Crippen molar-refractivity contribution in [3.05, 3.63) is 35.6 Å². The number of piperazine rings is 2. The number of nitrogen functional groups attached to an aromatic ring is 1. The number of nitrogens with zero attached hydrogens (tertiary/aromatic N) is 6. The lowest BCUT2D eigenvalue weighted by molar-refractivity contribution is 0.312. The Hall–Kier alpha value is -2.25. The second-order valence-corrected chi connectivity index (χ2v) is 7.62. The van der Waals surface area contributed by atoms with Gasteiger partial charge in [-0.05, 0) is 25.2 Å². The summed E-state index contributed by atoms with van der Waals surface area (Å²) in [5.74, 6) is 1.72. The highest BCUT2D eigenvalue weighted by Gasteiger charge is 2.24. The average Bonchev–Trinajstić information content (AvgIpc) is 2.69. The average molecular weight is 388 g/mol. The minimum atomic E-state index is 0.693. The number of anilines is 4. The number of rotatable bonds is 3. The first kappa shape index (κ1) is 18.1. The molecule has 2 saturated heterocycles. The van der Waals surface area contributed by atoms with Crippen LogP contribution in [-0.2, 0) is 0 Å². The second-order valence-electron chi connectivity index (χ2n) is 7.18. The van der Waals surface area contributed by atoms with Crippen LogP contribution in [0.25, 0.3) is 0 Å². The zero-order valence-electron chi connectivity index (χ0n) is 15.7. The lowest BCUT2D eigenvalue weighted by Crippen LogP contribution is -2.47. The molecule has 0 unspecified atom stereocenters. The number of likely N-dealkylation sites (N-methyl/N-ethyl adjacent to an activating group) is 1. The third kappa shape index (κ3) is 3.89. The molecule has 0 aliphatic carbocycles. The smallest absolute Gasteiger partial charge is 0.157 e. The molecule has 2 fully saturated rings. The van der Waals surface area contributed by atoms with Gasteiger partial charge < -0.3 is 25.3 Å².